The molecule has 0 spiro atoms. The van der Waals surface area contributed by atoms with Gasteiger partial charge in [0.15, 0.2) is 0 Å². The second-order valence-electron chi connectivity index (χ2n) is 8.88. The van der Waals surface area contributed by atoms with Crippen LogP contribution in [0.5, 0.6) is 5.75 Å². The minimum Gasteiger partial charge on any atom is -0.497 e. The minimum absolute atomic E-state index is 0.236. The molecule has 2 aromatic carbocycles. The molecule has 0 bridgehead atoms. The number of rotatable bonds is 7. The van der Waals surface area contributed by atoms with Crippen molar-refractivity contribution in [2.24, 2.45) is 0 Å². The van der Waals surface area contributed by atoms with Crippen molar-refractivity contribution in [2.75, 3.05) is 12.8 Å². The van der Waals surface area contributed by atoms with E-state index in [9.17, 15) is 9.59 Å². The average molecular weight is 495 g/mol. The van der Waals surface area contributed by atoms with Gasteiger partial charge in [-0.3, -0.25) is 14.0 Å². The Labute approximate surface area is 214 Å². The van der Waals surface area contributed by atoms with Crippen LogP contribution in [0.15, 0.2) is 89.9 Å². The van der Waals surface area contributed by atoms with Crippen LogP contribution in [0, 0.1) is 0 Å². The molecule has 0 aliphatic rings. The summed E-state index contributed by atoms with van der Waals surface area (Å²) in [4.78, 5) is 31.6. The number of aromatic nitrogens is 3. The van der Waals surface area contributed by atoms with Gasteiger partial charge in [0.1, 0.15) is 16.7 Å². The molecule has 3 heterocycles. The first kappa shape index (κ1) is 24.0. The van der Waals surface area contributed by atoms with Crippen molar-refractivity contribution < 1.29 is 14.1 Å². The number of nitrogens with one attached hydrogen (secondary N) is 1. The number of nitrogens with zero attached hydrogens (tertiary/aromatic N) is 3. The average Bonchev–Trinajstić information content (AvgIpc) is 2.93. The second kappa shape index (κ2) is 10.1. The maximum atomic E-state index is 13.4. The molecule has 8 heteroatoms. The molecule has 37 heavy (non-hydrogen) atoms. The summed E-state index contributed by atoms with van der Waals surface area (Å²) in [7, 11) is 1.63. The number of carbonyl (C=O) groups is 1. The number of hydrogen-bond acceptors (Lipinski definition) is 5. The van der Waals surface area contributed by atoms with E-state index >= 15 is 0 Å². The van der Waals surface area contributed by atoms with Gasteiger partial charge in [-0.05, 0) is 48.4 Å². The Morgan fingerprint density at radius 2 is 1.81 bits per heavy atom. The Bertz CT molecular complexity index is 1650. The summed E-state index contributed by atoms with van der Waals surface area (Å²) in [6.45, 7) is 2.34. The highest BCUT2D eigenvalue weighted by Crippen LogP contribution is 2.18. The molecule has 0 fully saturated rings. The Balaban J connectivity index is 1.59. The number of anilines is 1. The Hall–Kier alpha value is -4.72. The van der Waals surface area contributed by atoms with Crippen molar-refractivity contribution in [1.29, 1.82) is 0 Å². The number of hydrogen-bond donors (Lipinski definition) is 2. The summed E-state index contributed by atoms with van der Waals surface area (Å²) < 4.78 is 8.48. The van der Waals surface area contributed by atoms with Crippen molar-refractivity contribution >= 4 is 28.4 Å². The lowest BCUT2D eigenvalue weighted by atomic mass is 10.1. The van der Waals surface area contributed by atoms with Gasteiger partial charge in [0.2, 0.25) is 11.5 Å². The molecule has 0 saturated heterocycles. The lowest BCUT2D eigenvalue weighted by Crippen LogP contribution is -2.43. The number of fused-ring (bicyclic) bond motifs is 2. The highest BCUT2D eigenvalue weighted by Gasteiger charge is 2.25. The van der Waals surface area contributed by atoms with Crippen LogP contribution < -0.4 is 25.9 Å². The van der Waals surface area contributed by atoms with E-state index < -0.39 is 0 Å². The standard InChI is InChI=1S/C29H27N5O3/c1-19(21-8-4-3-5-9-21)31-28(35)23-18-24-27(32-25-10-6-7-16-33(25)29(24)36)34(26(23)30)17-15-20-11-13-22(37-2)14-12-20/h3-14,16,18-19,30H,15,17H2,1-2H3,(H,31,35)/p+1/t19-/m1/s1. The number of amides is 1. The molecule has 8 nitrogen and oxygen atoms in total. The first-order valence-electron chi connectivity index (χ1n) is 12.1. The second-order valence-corrected chi connectivity index (χ2v) is 8.88. The van der Waals surface area contributed by atoms with E-state index in [0.29, 0.717) is 29.6 Å². The van der Waals surface area contributed by atoms with Crippen molar-refractivity contribution in [3.05, 3.63) is 112 Å². The zero-order valence-electron chi connectivity index (χ0n) is 20.7. The number of carbonyl (C=O) groups excluding carboxylic acids is 1. The zero-order chi connectivity index (χ0) is 25.9. The summed E-state index contributed by atoms with van der Waals surface area (Å²) in [6, 6.07) is 24.1. The van der Waals surface area contributed by atoms with Crippen LogP contribution in [0.1, 0.15) is 34.5 Å². The number of nitrogen functional groups attached to an aromatic ring is 1. The molecule has 5 aromatic rings. The molecule has 0 aliphatic carbocycles. The third-order valence-corrected chi connectivity index (χ3v) is 6.53. The molecule has 1 amide bonds. The maximum absolute atomic E-state index is 13.4. The minimum atomic E-state index is -0.355. The SMILES string of the molecule is COc1ccc(CC[n+]2c(N)c(C(=O)N[C@H](C)c3ccccc3)cc3c(=O)n4ccccc4nc32)cc1. The molecule has 3 N–H and O–H groups in total. The highest BCUT2D eigenvalue weighted by molar-refractivity contribution is 6.00. The van der Waals surface area contributed by atoms with Crippen molar-refractivity contribution in [2.45, 2.75) is 25.9 Å². The quantitative estimate of drug-likeness (QED) is 0.267. The third-order valence-electron chi connectivity index (χ3n) is 6.53. The van der Waals surface area contributed by atoms with Crippen LogP contribution in [0.25, 0.3) is 16.7 Å². The van der Waals surface area contributed by atoms with E-state index in [2.05, 4.69) is 5.32 Å². The predicted molar refractivity (Wildman–Crippen MR) is 143 cm³/mol. The van der Waals surface area contributed by atoms with E-state index in [1.54, 1.807) is 36.1 Å². The molecule has 186 valence electrons. The normalized spacial score (nSPS) is 11.9. The summed E-state index contributed by atoms with van der Waals surface area (Å²) in [6.07, 6.45) is 2.29. The molecule has 5 rings (SSSR count). The Morgan fingerprint density at radius 3 is 2.54 bits per heavy atom. The van der Waals surface area contributed by atoms with Gasteiger partial charge in [-0.15, -0.1) is 0 Å². The molecule has 0 aliphatic heterocycles. The van der Waals surface area contributed by atoms with E-state index in [1.807, 2.05) is 67.6 Å². The first-order valence-corrected chi connectivity index (χ1v) is 12.1. The molecular formula is C29H28N5O3+. The molecule has 1 atom stereocenters. The smallest absolute Gasteiger partial charge is 0.278 e. The Kier molecular flexibility index (Phi) is 6.55. The first-order chi connectivity index (χ1) is 18.0. The number of ether oxygens (including phenoxy) is 1. The number of benzene rings is 2. The van der Waals surface area contributed by atoms with Gasteiger partial charge in [-0.25, -0.2) is 4.57 Å². The van der Waals surface area contributed by atoms with Gasteiger partial charge in [-0.1, -0.05) is 53.5 Å². The van der Waals surface area contributed by atoms with Crippen molar-refractivity contribution in [1.82, 2.24) is 14.7 Å². The fraction of sp³-hybridized carbons (Fsp3) is 0.172. The van der Waals surface area contributed by atoms with Gasteiger partial charge in [0.25, 0.3) is 17.1 Å². The molecule has 0 radical (unpaired) electrons. The van der Waals surface area contributed by atoms with Crippen LogP contribution in [-0.2, 0) is 13.0 Å². The van der Waals surface area contributed by atoms with E-state index in [1.165, 1.54) is 4.40 Å². The Morgan fingerprint density at radius 1 is 1.08 bits per heavy atom. The number of nitrogens with two attached hydrogens (primary N) is 1. The summed E-state index contributed by atoms with van der Waals surface area (Å²) in [5, 5.41) is 3.34. The van der Waals surface area contributed by atoms with Crippen molar-refractivity contribution in [3.8, 4) is 5.75 Å². The summed E-state index contributed by atoms with van der Waals surface area (Å²) in [5.74, 6) is 0.672. The van der Waals surface area contributed by atoms with E-state index in [0.717, 1.165) is 16.9 Å². The molecule has 0 unspecified atom stereocenters. The maximum Gasteiger partial charge on any atom is 0.278 e. The van der Waals surface area contributed by atoms with Crippen LogP contribution in [0.4, 0.5) is 5.82 Å². The molecular weight excluding hydrogens is 466 g/mol. The van der Waals surface area contributed by atoms with E-state index in [4.69, 9.17) is 15.5 Å². The van der Waals surface area contributed by atoms with Gasteiger partial charge in [-0.2, -0.15) is 0 Å². The number of aryl methyl sites for hydroxylation is 2. The van der Waals surface area contributed by atoms with Gasteiger partial charge >= 0.3 is 0 Å². The monoisotopic (exact) mass is 494 g/mol. The molecule has 0 saturated carbocycles. The summed E-state index contributed by atoms with van der Waals surface area (Å²) in [5.41, 5.74) is 9.55. The fourth-order valence-electron chi connectivity index (χ4n) is 4.44. The highest BCUT2D eigenvalue weighted by atomic mass is 16.5. The van der Waals surface area contributed by atoms with Gasteiger partial charge in [0, 0.05) is 12.6 Å². The summed E-state index contributed by atoms with van der Waals surface area (Å²) >= 11 is 0. The van der Waals surface area contributed by atoms with Gasteiger partial charge in [0.05, 0.1) is 19.7 Å². The van der Waals surface area contributed by atoms with Crippen molar-refractivity contribution in [3.63, 3.8) is 0 Å². The number of pyridine rings is 2. The topological polar surface area (TPSA) is 103 Å². The number of methoxy groups -OCH3 is 1. The zero-order valence-corrected chi connectivity index (χ0v) is 20.7. The molecule has 3 aromatic heterocycles. The lowest BCUT2D eigenvalue weighted by molar-refractivity contribution is -0.658. The van der Waals surface area contributed by atoms with E-state index in [-0.39, 0.29) is 28.9 Å². The fourth-order valence-corrected chi connectivity index (χ4v) is 4.44. The third kappa shape index (κ3) is 4.73. The van der Waals surface area contributed by atoms with Crippen LogP contribution >= 0.6 is 0 Å². The van der Waals surface area contributed by atoms with Crippen LogP contribution in [0.3, 0.4) is 0 Å². The van der Waals surface area contributed by atoms with Gasteiger partial charge < -0.3 is 15.8 Å². The van der Waals surface area contributed by atoms with Crippen LogP contribution in [-0.4, -0.2) is 22.4 Å². The largest absolute Gasteiger partial charge is 0.497 e. The lowest BCUT2D eigenvalue weighted by Gasteiger charge is -2.16. The van der Waals surface area contributed by atoms with Crippen LogP contribution in [0.2, 0.25) is 0 Å². The predicted octanol–water partition coefficient (Wildman–Crippen LogP) is 3.46.